The number of H-pyrrole nitrogens is 1. The van der Waals surface area contributed by atoms with E-state index in [0.717, 1.165) is 25.6 Å². The van der Waals surface area contributed by atoms with Crippen molar-refractivity contribution in [2.75, 3.05) is 18.4 Å². The van der Waals surface area contributed by atoms with E-state index in [2.05, 4.69) is 41.0 Å². The first kappa shape index (κ1) is 18.3. The molecule has 148 valence electrons. The number of hydrogen-bond donors (Lipinski definition) is 3. The quantitative estimate of drug-likeness (QED) is 0.621. The minimum absolute atomic E-state index is 0.0731. The first-order valence-corrected chi connectivity index (χ1v) is 8.75. The second-order valence-electron chi connectivity index (χ2n) is 6.55. The Balaban J connectivity index is 1.69. The van der Waals surface area contributed by atoms with Gasteiger partial charge in [-0.15, -0.1) is 10.2 Å². The van der Waals surface area contributed by atoms with Crippen molar-refractivity contribution in [2.24, 2.45) is 7.05 Å². The van der Waals surface area contributed by atoms with Crippen molar-refractivity contribution >= 4 is 5.95 Å². The molecule has 1 aliphatic rings. The minimum Gasteiger partial charge on any atom is -0.358 e. The van der Waals surface area contributed by atoms with Gasteiger partial charge in [-0.05, 0) is 30.7 Å². The van der Waals surface area contributed by atoms with Gasteiger partial charge in [-0.2, -0.15) is 18.0 Å². The van der Waals surface area contributed by atoms with Gasteiger partial charge in [-0.3, -0.25) is 0 Å². The summed E-state index contributed by atoms with van der Waals surface area (Å²) in [4.78, 5) is 12.2. The molecule has 28 heavy (non-hydrogen) atoms. The van der Waals surface area contributed by atoms with Crippen LogP contribution in [0.2, 0.25) is 0 Å². The van der Waals surface area contributed by atoms with Crippen molar-refractivity contribution in [2.45, 2.75) is 25.1 Å². The summed E-state index contributed by atoms with van der Waals surface area (Å²) in [6, 6.07) is 1.59. The highest BCUT2D eigenvalue weighted by Crippen LogP contribution is 2.37. The molecule has 0 saturated carbocycles. The van der Waals surface area contributed by atoms with E-state index in [4.69, 9.17) is 0 Å². The molecule has 3 aromatic rings. The Bertz CT molecular complexity index is 956. The van der Waals surface area contributed by atoms with Gasteiger partial charge < -0.3 is 15.6 Å². The zero-order chi connectivity index (χ0) is 19.7. The van der Waals surface area contributed by atoms with Gasteiger partial charge in [0.1, 0.15) is 5.56 Å². The molecule has 4 heterocycles. The zero-order valence-corrected chi connectivity index (χ0v) is 15.0. The number of aromatic amines is 1. The molecule has 4 rings (SSSR count). The highest BCUT2D eigenvalue weighted by Gasteiger charge is 2.36. The van der Waals surface area contributed by atoms with Crippen LogP contribution >= 0.6 is 0 Å². The first-order chi connectivity index (χ1) is 13.4. The number of piperidine rings is 1. The Hall–Kier alpha value is -3.02. The van der Waals surface area contributed by atoms with Gasteiger partial charge in [-0.25, -0.2) is 9.97 Å². The molecule has 1 atom stereocenters. The molecule has 12 heteroatoms. The third kappa shape index (κ3) is 3.81. The van der Waals surface area contributed by atoms with Crippen LogP contribution in [0.1, 0.15) is 18.4 Å². The number of rotatable bonds is 4. The Kier molecular flexibility index (Phi) is 4.71. The average Bonchev–Trinajstić information content (AvgIpc) is 3.30. The van der Waals surface area contributed by atoms with Gasteiger partial charge in [-0.1, -0.05) is 0 Å². The molecule has 0 spiro atoms. The summed E-state index contributed by atoms with van der Waals surface area (Å²) in [6.07, 6.45) is -0.442. The molecule has 0 aromatic carbocycles. The van der Waals surface area contributed by atoms with Crippen LogP contribution < -0.4 is 10.6 Å². The fourth-order valence-electron chi connectivity index (χ4n) is 3.09. The smallest absolute Gasteiger partial charge is 0.358 e. The van der Waals surface area contributed by atoms with Gasteiger partial charge >= 0.3 is 6.18 Å². The average molecular weight is 393 g/mol. The molecule has 0 amide bonds. The van der Waals surface area contributed by atoms with E-state index in [1.54, 1.807) is 7.05 Å². The molecule has 0 aliphatic carbocycles. The molecule has 1 unspecified atom stereocenters. The maximum absolute atomic E-state index is 13.5. The number of anilines is 1. The lowest BCUT2D eigenvalue weighted by atomic mass is 10.1. The summed E-state index contributed by atoms with van der Waals surface area (Å²) in [5, 5.41) is 18.0. The molecule has 9 nitrogen and oxygen atoms in total. The summed E-state index contributed by atoms with van der Waals surface area (Å²) >= 11 is 0. The maximum atomic E-state index is 13.5. The van der Waals surface area contributed by atoms with Gasteiger partial charge in [0.25, 0.3) is 0 Å². The topological polar surface area (TPSA) is 109 Å². The highest BCUT2D eigenvalue weighted by atomic mass is 19.4. The fraction of sp³-hybridized carbons (Fsp3) is 0.438. The lowest BCUT2D eigenvalue weighted by Crippen LogP contribution is -2.38. The van der Waals surface area contributed by atoms with Crippen LogP contribution in [-0.2, 0) is 13.2 Å². The van der Waals surface area contributed by atoms with E-state index < -0.39 is 11.7 Å². The van der Waals surface area contributed by atoms with E-state index in [9.17, 15) is 13.2 Å². The molecule has 1 aliphatic heterocycles. The number of nitrogens with zero attached hydrogens (tertiary/aromatic N) is 6. The Morgan fingerprint density at radius 1 is 1.32 bits per heavy atom. The Labute approximate surface area is 157 Å². The van der Waals surface area contributed by atoms with Crippen molar-refractivity contribution in [3.05, 3.63) is 24.0 Å². The van der Waals surface area contributed by atoms with Crippen LogP contribution in [0.4, 0.5) is 19.1 Å². The monoisotopic (exact) mass is 393 g/mol. The van der Waals surface area contributed by atoms with Crippen molar-refractivity contribution in [1.82, 2.24) is 40.5 Å². The number of aryl methyl sites for hydroxylation is 1. The lowest BCUT2D eigenvalue weighted by Gasteiger charge is -2.24. The van der Waals surface area contributed by atoms with Crippen LogP contribution in [0, 0.1) is 0 Å². The summed E-state index contributed by atoms with van der Waals surface area (Å²) in [5.74, 6) is 0.445. The number of alkyl halides is 3. The predicted molar refractivity (Wildman–Crippen MR) is 94.1 cm³/mol. The minimum atomic E-state index is -4.58. The predicted octanol–water partition coefficient (Wildman–Crippen LogP) is 1.84. The van der Waals surface area contributed by atoms with E-state index in [1.807, 2.05) is 0 Å². The van der Waals surface area contributed by atoms with E-state index in [-0.39, 0.29) is 29.1 Å². The van der Waals surface area contributed by atoms with Crippen LogP contribution in [0.15, 0.2) is 18.5 Å². The maximum Gasteiger partial charge on any atom is 0.419 e. The fourth-order valence-corrected chi connectivity index (χ4v) is 3.09. The molecule has 3 N–H and O–H groups in total. The second-order valence-corrected chi connectivity index (χ2v) is 6.55. The second kappa shape index (κ2) is 7.19. The first-order valence-electron chi connectivity index (χ1n) is 8.75. The SMILES string of the molecule is Cn1nnc(-c2cc(-c3nc(NC4CCCNC4)ncc3C(F)(F)F)c[nH]2)n1. The van der Waals surface area contributed by atoms with Crippen molar-refractivity contribution in [1.29, 1.82) is 0 Å². The highest BCUT2D eigenvalue weighted by molar-refractivity contribution is 5.69. The molecule has 0 radical (unpaired) electrons. The molecule has 1 saturated heterocycles. The normalized spacial score (nSPS) is 17.6. The summed E-state index contributed by atoms with van der Waals surface area (Å²) in [7, 11) is 1.60. The van der Waals surface area contributed by atoms with Crippen molar-refractivity contribution in [3.8, 4) is 22.8 Å². The number of hydrogen-bond acceptors (Lipinski definition) is 7. The van der Waals surface area contributed by atoms with Crippen LogP contribution in [0.5, 0.6) is 0 Å². The zero-order valence-electron chi connectivity index (χ0n) is 15.0. The van der Waals surface area contributed by atoms with E-state index in [1.165, 1.54) is 17.1 Å². The third-order valence-corrected chi connectivity index (χ3v) is 4.43. The summed E-state index contributed by atoms with van der Waals surface area (Å²) in [5.41, 5.74) is -0.402. The Morgan fingerprint density at radius 2 is 2.18 bits per heavy atom. The van der Waals surface area contributed by atoms with Crippen molar-refractivity contribution < 1.29 is 13.2 Å². The number of nitrogens with one attached hydrogen (secondary N) is 3. The van der Waals surface area contributed by atoms with Crippen molar-refractivity contribution in [3.63, 3.8) is 0 Å². The molecule has 1 fully saturated rings. The van der Waals surface area contributed by atoms with Crippen LogP contribution in [0.3, 0.4) is 0 Å². The number of tetrazole rings is 1. The summed E-state index contributed by atoms with van der Waals surface area (Å²) < 4.78 is 40.5. The Morgan fingerprint density at radius 3 is 2.86 bits per heavy atom. The number of aromatic nitrogens is 7. The van der Waals surface area contributed by atoms with Gasteiger partial charge in [0.2, 0.25) is 11.8 Å². The largest absolute Gasteiger partial charge is 0.419 e. The number of halogens is 3. The summed E-state index contributed by atoms with van der Waals surface area (Å²) in [6.45, 7) is 1.65. The van der Waals surface area contributed by atoms with E-state index >= 15 is 0 Å². The molecular weight excluding hydrogens is 375 g/mol. The van der Waals surface area contributed by atoms with Gasteiger partial charge in [0.05, 0.1) is 18.4 Å². The molecule has 3 aromatic heterocycles. The van der Waals surface area contributed by atoms with Crippen LogP contribution in [-0.4, -0.2) is 54.3 Å². The van der Waals surface area contributed by atoms with Crippen LogP contribution in [0.25, 0.3) is 22.8 Å². The third-order valence-electron chi connectivity index (χ3n) is 4.43. The molecule has 0 bridgehead atoms. The van der Waals surface area contributed by atoms with Gasteiger partial charge in [0.15, 0.2) is 0 Å². The standard InChI is InChI=1S/C16H18F3N9/c1-28-26-14(25-27-28)12-5-9(6-21-12)13-11(16(17,18)19)8-22-15(24-13)23-10-3-2-4-20-7-10/h5-6,8,10,20-21H,2-4,7H2,1H3,(H,22,23,24). The van der Waals surface area contributed by atoms with E-state index in [0.29, 0.717) is 12.2 Å². The van der Waals surface area contributed by atoms with Gasteiger partial charge in [0, 0.05) is 30.5 Å². The lowest BCUT2D eigenvalue weighted by molar-refractivity contribution is -0.137. The molecular formula is C16H18F3N9.